The van der Waals surface area contributed by atoms with Gasteiger partial charge in [0.1, 0.15) is 5.75 Å². The van der Waals surface area contributed by atoms with Crippen molar-refractivity contribution in [1.29, 1.82) is 0 Å². The van der Waals surface area contributed by atoms with Crippen LogP contribution in [0.25, 0.3) is 33.2 Å². The van der Waals surface area contributed by atoms with E-state index in [4.69, 9.17) is 4.74 Å². The van der Waals surface area contributed by atoms with Crippen LogP contribution in [0.1, 0.15) is 12.1 Å². The summed E-state index contributed by atoms with van der Waals surface area (Å²) in [7, 11) is 0. The van der Waals surface area contributed by atoms with Crippen LogP contribution in [-0.2, 0) is 13.0 Å². The third-order valence-electron chi connectivity index (χ3n) is 5.45. The fraction of sp³-hybridized carbons (Fsp3) is 0.130. The highest BCUT2D eigenvalue weighted by molar-refractivity contribution is 5.95. The van der Waals surface area contributed by atoms with Gasteiger partial charge in [0.2, 0.25) is 0 Å². The second-order valence-corrected chi connectivity index (χ2v) is 7.13. The van der Waals surface area contributed by atoms with Crippen LogP contribution in [0.5, 0.6) is 11.8 Å². The van der Waals surface area contributed by atoms with Gasteiger partial charge in [-0.05, 0) is 54.8 Å². The van der Waals surface area contributed by atoms with Crippen molar-refractivity contribution in [2.45, 2.75) is 19.4 Å². The fourth-order valence-electron chi connectivity index (χ4n) is 4.23. The molecule has 0 saturated carbocycles. The number of aromatic nitrogens is 4. The van der Waals surface area contributed by atoms with E-state index in [0.717, 1.165) is 35.3 Å². The van der Waals surface area contributed by atoms with Gasteiger partial charge in [0.25, 0.3) is 6.01 Å². The maximum Gasteiger partial charge on any atom is 0.300 e. The summed E-state index contributed by atoms with van der Waals surface area (Å²) in [5, 5.41) is 0. The summed E-state index contributed by atoms with van der Waals surface area (Å²) in [6, 6.07) is 20.8. The molecule has 5 aromatic rings. The number of nitrogens with zero attached hydrogens (tertiary/aromatic N) is 3. The van der Waals surface area contributed by atoms with Crippen molar-refractivity contribution in [1.82, 2.24) is 19.5 Å². The van der Waals surface area contributed by atoms with Crippen LogP contribution >= 0.6 is 0 Å². The number of ether oxygens (including phenoxy) is 1. The quantitative estimate of drug-likeness (QED) is 0.470. The smallest absolute Gasteiger partial charge is 0.300 e. The summed E-state index contributed by atoms with van der Waals surface area (Å²) in [5.74, 6) is 0.760. The van der Waals surface area contributed by atoms with E-state index in [1.807, 2.05) is 48.7 Å². The van der Waals surface area contributed by atoms with Crippen molar-refractivity contribution < 1.29 is 4.74 Å². The monoisotopic (exact) mass is 366 g/mol. The number of nitrogens with one attached hydrogen (secondary N) is 1. The van der Waals surface area contributed by atoms with E-state index >= 15 is 0 Å². The number of imidazole rings is 1. The number of fused-ring (bicyclic) bond motifs is 4. The molecular formula is C23H18N4O. The number of hydrogen-bond acceptors (Lipinski definition) is 3. The molecule has 1 N–H and O–H groups in total. The minimum atomic E-state index is 0.505. The second-order valence-electron chi connectivity index (χ2n) is 7.13. The molecule has 3 aromatic heterocycles. The molecule has 1 aliphatic heterocycles. The average molecular weight is 366 g/mol. The maximum atomic E-state index is 5.93. The average Bonchev–Trinajstić information content (AvgIpc) is 3.42. The van der Waals surface area contributed by atoms with Gasteiger partial charge >= 0.3 is 0 Å². The van der Waals surface area contributed by atoms with Gasteiger partial charge in [-0.2, -0.15) is 4.98 Å². The SMILES string of the molecule is c1ccc2[nH]c(Oc3ccc(-c4c5n(c6cccnc46)CCC5)cc3)nc2c1. The molecular weight excluding hydrogens is 348 g/mol. The van der Waals surface area contributed by atoms with E-state index in [2.05, 4.69) is 37.7 Å². The number of H-pyrrole nitrogens is 1. The normalized spacial score (nSPS) is 13.3. The third kappa shape index (κ3) is 2.33. The van der Waals surface area contributed by atoms with E-state index in [-0.39, 0.29) is 0 Å². The van der Waals surface area contributed by atoms with E-state index in [9.17, 15) is 0 Å². The Bertz CT molecular complexity index is 1280. The van der Waals surface area contributed by atoms with Gasteiger partial charge in [-0.25, -0.2) is 0 Å². The number of benzene rings is 2. The first-order valence-electron chi connectivity index (χ1n) is 9.56. The van der Waals surface area contributed by atoms with Crippen LogP contribution in [0, 0.1) is 0 Å². The molecule has 6 rings (SSSR count). The van der Waals surface area contributed by atoms with Gasteiger partial charge < -0.3 is 14.3 Å². The summed E-state index contributed by atoms with van der Waals surface area (Å²) < 4.78 is 8.34. The van der Waals surface area contributed by atoms with Gasteiger partial charge in [0.05, 0.1) is 22.1 Å². The van der Waals surface area contributed by atoms with Crippen molar-refractivity contribution in [3.05, 3.63) is 72.6 Å². The lowest BCUT2D eigenvalue weighted by molar-refractivity contribution is 0.449. The summed E-state index contributed by atoms with van der Waals surface area (Å²) in [6.45, 7) is 1.07. The molecule has 0 aliphatic carbocycles. The Balaban J connectivity index is 1.37. The van der Waals surface area contributed by atoms with Gasteiger partial charge in [0.15, 0.2) is 0 Å². The minimum absolute atomic E-state index is 0.505. The largest absolute Gasteiger partial charge is 0.426 e. The highest BCUT2D eigenvalue weighted by atomic mass is 16.5. The molecule has 0 fully saturated rings. The number of rotatable bonds is 3. The third-order valence-corrected chi connectivity index (χ3v) is 5.45. The van der Waals surface area contributed by atoms with Crippen LogP contribution in [0.4, 0.5) is 0 Å². The molecule has 0 spiro atoms. The highest BCUT2D eigenvalue weighted by Crippen LogP contribution is 2.38. The van der Waals surface area contributed by atoms with Gasteiger partial charge in [-0.3, -0.25) is 4.98 Å². The molecule has 2 aromatic carbocycles. The first-order valence-corrected chi connectivity index (χ1v) is 9.56. The first kappa shape index (κ1) is 15.5. The lowest BCUT2D eigenvalue weighted by Gasteiger charge is -2.05. The number of hydrogen-bond donors (Lipinski definition) is 1. The topological polar surface area (TPSA) is 55.7 Å². The predicted molar refractivity (Wildman–Crippen MR) is 110 cm³/mol. The second kappa shape index (κ2) is 5.96. The van der Waals surface area contributed by atoms with Crippen molar-refractivity contribution >= 4 is 22.1 Å². The molecule has 136 valence electrons. The molecule has 28 heavy (non-hydrogen) atoms. The van der Waals surface area contributed by atoms with Crippen LogP contribution in [0.15, 0.2) is 66.9 Å². The number of para-hydroxylation sites is 2. The van der Waals surface area contributed by atoms with Gasteiger partial charge in [0, 0.05) is 24.0 Å². The fourth-order valence-corrected chi connectivity index (χ4v) is 4.23. The summed E-state index contributed by atoms with van der Waals surface area (Å²) in [6.07, 6.45) is 4.17. The molecule has 0 saturated heterocycles. The Morgan fingerprint density at radius 1 is 0.964 bits per heavy atom. The molecule has 5 nitrogen and oxygen atoms in total. The zero-order chi connectivity index (χ0) is 18.5. The van der Waals surface area contributed by atoms with Crippen LogP contribution in [0.3, 0.4) is 0 Å². The zero-order valence-corrected chi connectivity index (χ0v) is 15.2. The molecule has 4 heterocycles. The molecule has 0 atom stereocenters. The lowest BCUT2D eigenvalue weighted by atomic mass is 10.0. The molecule has 0 amide bonds. The van der Waals surface area contributed by atoms with Crippen LogP contribution < -0.4 is 4.74 Å². The first-order chi connectivity index (χ1) is 13.9. The van der Waals surface area contributed by atoms with Crippen molar-refractivity contribution in [3.8, 4) is 22.9 Å². The van der Waals surface area contributed by atoms with Crippen molar-refractivity contribution in [2.24, 2.45) is 0 Å². The summed E-state index contributed by atoms with van der Waals surface area (Å²) in [4.78, 5) is 12.3. The van der Waals surface area contributed by atoms with Gasteiger partial charge in [-0.1, -0.05) is 24.3 Å². The molecule has 5 heteroatoms. The molecule has 0 bridgehead atoms. The Morgan fingerprint density at radius 3 is 2.75 bits per heavy atom. The zero-order valence-electron chi connectivity index (χ0n) is 15.2. The van der Waals surface area contributed by atoms with Gasteiger partial charge in [-0.15, -0.1) is 0 Å². The summed E-state index contributed by atoms with van der Waals surface area (Å²) in [5.41, 5.74) is 8.00. The highest BCUT2D eigenvalue weighted by Gasteiger charge is 2.22. The van der Waals surface area contributed by atoms with Crippen molar-refractivity contribution in [2.75, 3.05) is 0 Å². The lowest BCUT2D eigenvalue weighted by Crippen LogP contribution is -1.91. The molecule has 0 radical (unpaired) electrons. The van der Waals surface area contributed by atoms with E-state index in [0.29, 0.717) is 6.01 Å². The number of aryl methyl sites for hydroxylation is 1. The van der Waals surface area contributed by atoms with E-state index in [1.54, 1.807) is 0 Å². The van der Waals surface area contributed by atoms with Crippen LogP contribution in [-0.4, -0.2) is 19.5 Å². The Morgan fingerprint density at radius 2 is 1.86 bits per heavy atom. The summed E-state index contributed by atoms with van der Waals surface area (Å²) >= 11 is 0. The Labute approximate surface area is 161 Å². The molecule has 0 unspecified atom stereocenters. The maximum absolute atomic E-state index is 5.93. The Kier molecular flexibility index (Phi) is 3.29. The van der Waals surface area contributed by atoms with E-state index < -0.39 is 0 Å². The molecule has 1 aliphatic rings. The Hall–Kier alpha value is -3.60. The predicted octanol–water partition coefficient (Wildman–Crippen LogP) is 5.32. The number of aromatic amines is 1. The minimum Gasteiger partial charge on any atom is -0.426 e. The number of pyridine rings is 1. The van der Waals surface area contributed by atoms with Crippen LogP contribution in [0.2, 0.25) is 0 Å². The van der Waals surface area contributed by atoms with Crippen molar-refractivity contribution in [3.63, 3.8) is 0 Å². The standard InChI is InChI=1S/C23H18N4O/c1-2-6-18-17(5-1)25-23(26-18)28-16-11-9-15(10-12-16)21-19-8-4-14-27(19)20-7-3-13-24-22(20)21/h1-3,5-7,9-13H,4,8,14H2,(H,25,26). The van der Waals surface area contributed by atoms with E-state index in [1.165, 1.54) is 28.8 Å².